The summed E-state index contributed by atoms with van der Waals surface area (Å²) in [6.07, 6.45) is 0.347. The van der Waals surface area contributed by atoms with E-state index in [0.29, 0.717) is 44.2 Å². The number of piperazine rings is 1. The Kier molecular flexibility index (Phi) is 7.37. The molecule has 0 atom stereocenters. The van der Waals surface area contributed by atoms with E-state index in [1.54, 1.807) is 4.90 Å². The van der Waals surface area contributed by atoms with Gasteiger partial charge in [-0.05, 0) is 29.8 Å². The Hall–Kier alpha value is -3.22. The molecule has 1 N–H and O–H groups in total. The molecule has 0 aliphatic carbocycles. The third-order valence-electron chi connectivity index (χ3n) is 5.76. The minimum Gasteiger partial charge on any atom is -0.336 e. The number of nitrogens with one attached hydrogen (secondary N) is 1. The van der Waals surface area contributed by atoms with Gasteiger partial charge >= 0.3 is 0 Å². The fourth-order valence-electron chi connectivity index (χ4n) is 3.94. The van der Waals surface area contributed by atoms with Gasteiger partial charge in [0.25, 0.3) is 5.91 Å². The fourth-order valence-corrected chi connectivity index (χ4v) is 4.11. The van der Waals surface area contributed by atoms with E-state index in [-0.39, 0.29) is 17.4 Å². The normalized spacial score (nSPS) is 14.2. The summed E-state index contributed by atoms with van der Waals surface area (Å²) in [4.78, 5) is 29.0. The highest BCUT2D eigenvalue weighted by atomic mass is 35.5. The first-order valence-corrected chi connectivity index (χ1v) is 11.3. The Balaban J connectivity index is 1.28. The van der Waals surface area contributed by atoms with Gasteiger partial charge in [-0.15, -0.1) is 0 Å². The summed E-state index contributed by atoms with van der Waals surface area (Å²) in [5.74, 6) is -0.984. The van der Waals surface area contributed by atoms with E-state index in [1.165, 1.54) is 18.2 Å². The number of hydrogen-bond donors (Lipinski definition) is 1. The van der Waals surface area contributed by atoms with Gasteiger partial charge in [-0.3, -0.25) is 14.5 Å². The Morgan fingerprint density at radius 3 is 2.36 bits per heavy atom. The molecule has 1 saturated heterocycles. The lowest BCUT2D eigenvalue weighted by atomic mass is 10.0. The van der Waals surface area contributed by atoms with Crippen molar-refractivity contribution in [1.82, 2.24) is 9.80 Å². The highest BCUT2D eigenvalue weighted by Crippen LogP contribution is 2.27. The summed E-state index contributed by atoms with van der Waals surface area (Å²) in [5.41, 5.74) is 2.80. The van der Waals surface area contributed by atoms with Crippen LogP contribution in [0, 0.1) is 5.82 Å². The minimum atomic E-state index is -0.570. The number of carbonyl (C=O) groups is 2. The topological polar surface area (TPSA) is 52.7 Å². The van der Waals surface area contributed by atoms with E-state index < -0.39 is 5.82 Å². The van der Waals surface area contributed by atoms with Crippen LogP contribution in [-0.2, 0) is 4.79 Å². The van der Waals surface area contributed by atoms with Gasteiger partial charge in [0, 0.05) is 55.4 Å². The summed E-state index contributed by atoms with van der Waals surface area (Å²) in [7, 11) is 0. The predicted octanol–water partition coefficient (Wildman–Crippen LogP) is 4.93. The van der Waals surface area contributed by atoms with Crippen molar-refractivity contribution in [3.05, 3.63) is 89.2 Å². The highest BCUT2D eigenvalue weighted by Gasteiger charge is 2.24. The standard InChI is InChI=1S/C26H25ClFN3O2/c27-20-10-11-23(28)22(18-20)26(33)31-16-14-30(15-17-31)13-12-25(32)29-24-9-5-4-8-21(24)19-6-2-1-3-7-19/h1-11,18H,12-17H2,(H,29,32). The quantitative estimate of drug-likeness (QED) is 0.561. The van der Waals surface area contributed by atoms with E-state index in [2.05, 4.69) is 10.2 Å². The van der Waals surface area contributed by atoms with Crippen LogP contribution in [0.4, 0.5) is 10.1 Å². The van der Waals surface area contributed by atoms with Crippen LogP contribution in [-0.4, -0.2) is 54.3 Å². The van der Waals surface area contributed by atoms with Crippen LogP contribution in [0.2, 0.25) is 5.02 Å². The third kappa shape index (κ3) is 5.78. The zero-order valence-corrected chi connectivity index (χ0v) is 18.9. The summed E-state index contributed by atoms with van der Waals surface area (Å²) in [5, 5.41) is 3.36. The fraction of sp³-hybridized carbons (Fsp3) is 0.231. The van der Waals surface area contributed by atoms with E-state index >= 15 is 0 Å². The van der Waals surface area contributed by atoms with E-state index in [0.717, 1.165) is 16.8 Å². The number of carbonyl (C=O) groups excluding carboxylic acids is 2. The zero-order valence-electron chi connectivity index (χ0n) is 18.1. The molecule has 0 saturated carbocycles. The Morgan fingerprint density at radius 1 is 0.909 bits per heavy atom. The average Bonchev–Trinajstić information content (AvgIpc) is 2.85. The average molecular weight is 466 g/mol. The maximum atomic E-state index is 14.0. The predicted molar refractivity (Wildman–Crippen MR) is 129 cm³/mol. The van der Waals surface area contributed by atoms with Crippen LogP contribution in [0.1, 0.15) is 16.8 Å². The van der Waals surface area contributed by atoms with Gasteiger partial charge in [-0.1, -0.05) is 60.1 Å². The maximum Gasteiger partial charge on any atom is 0.256 e. The number of para-hydroxylation sites is 1. The van der Waals surface area contributed by atoms with Gasteiger partial charge in [0.05, 0.1) is 5.56 Å². The van der Waals surface area contributed by atoms with E-state index in [1.807, 2.05) is 54.6 Å². The first-order chi connectivity index (χ1) is 16.0. The van der Waals surface area contributed by atoms with Crippen LogP contribution < -0.4 is 5.32 Å². The van der Waals surface area contributed by atoms with Crippen molar-refractivity contribution in [1.29, 1.82) is 0 Å². The van der Waals surface area contributed by atoms with Crippen LogP contribution >= 0.6 is 11.6 Å². The number of rotatable bonds is 6. The van der Waals surface area contributed by atoms with Crippen molar-refractivity contribution < 1.29 is 14.0 Å². The number of benzene rings is 3. The molecule has 1 heterocycles. The van der Waals surface area contributed by atoms with Crippen molar-refractivity contribution in [2.24, 2.45) is 0 Å². The molecular weight excluding hydrogens is 441 g/mol. The van der Waals surface area contributed by atoms with Gasteiger partial charge in [-0.2, -0.15) is 0 Å². The van der Waals surface area contributed by atoms with Crippen LogP contribution in [0.15, 0.2) is 72.8 Å². The summed E-state index contributed by atoms with van der Waals surface area (Å²) >= 11 is 5.91. The lowest BCUT2D eigenvalue weighted by Crippen LogP contribution is -2.49. The highest BCUT2D eigenvalue weighted by molar-refractivity contribution is 6.31. The molecule has 0 spiro atoms. The first kappa shape index (κ1) is 23.0. The Labute approximate surface area is 197 Å². The molecule has 0 aromatic heterocycles. The molecular formula is C26H25ClFN3O2. The molecule has 4 rings (SSSR count). The summed E-state index contributed by atoms with van der Waals surface area (Å²) < 4.78 is 14.0. The molecule has 5 nitrogen and oxygen atoms in total. The molecule has 7 heteroatoms. The second kappa shape index (κ2) is 10.6. The lowest BCUT2D eigenvalue weighted by Gasteiger charge is -2.34. The Bertz CT molecular complexity index is 1130. The smallest absolute Gasteiger partial charge is 0.256 e. The van der Waals surface area contributed by atoms with Crippen LogP contribution in [0.5, 0.6) is 0 Å². The largest absolute Gasteiger partial charge is 0.336 e. The molecule has 170 valence electrons. The first-order valence-electron chi connectivity index (χ1n) is 10.9. The van der Waals surface area contributed by atoms with Gasteiger partial charge < -0.3 is 10.2 Å². The summed E-state index contributed by atoms with van der Waals surface area (Å²) in [6.45, 7) is 2.79. The number of halogens is 2. The second-order valence-electron chi connectivity index (χ2n) is 7.97. The molecule has 1 aliphatic rings. The van der Waals surface area contributed by atoms with Gasteiger partial charge in [0.2, 0.25) is 5.91 Å². The molecule has 3 aromatic rings. The molecule has 1 fully saturated rings. The molecule has 1 aliphatic heterocycles. The SMILES string of the molecule is O=C(CCN1CCN(C(=O)c2cc(Cl)ccc2F)CC1)Nc1ccccc1-c1ccccc1. The van der Waals surface area contributed by atoms with Crippen LogP contribution in [0.3, 0.4) is 0 Å². The molecule has 3 aromatic carbocycles. The second-order valence-corrected chi connectivity index (χ2v) is 8.40. The van der Waals surface area contributed by atoms with E-state index in [4.69, 9.17) is 11.6 Å². The van der Waals surface area contributed by atoms with Crippen molar-refractivity contribution in [2.45, 2.75) is 6.42 Å². The van der Waals surface area contributed by atoms with Crippen molar-refractivity contribution in [3.63, 3.8) is 0 Å². The molecule has 0 bridgehead atoms. The van der Waals surface area contributed by atoms with Crippen molar-refractivity contribution in [3.8, 4) is 11.1 Å². The minimum absolute atomic E-state index is 0.00703. The molecule has 33 heavy (non-hydrogen) atoms. The molecule has 0 radical (unpaired) electrons. The lowest BCUT2D eigenvalue weighted by molar-refractivity contribution is -0.116. The van der Waals surface area contributed by atoms with Gasteiger partial charge in [-0.25, -0.2) is 4.39 Å². The maximum absolute atomic E-state index is 14.0. The van der Waals surface area contributed by atoms with Crippen molar-refractivity contribution >= 4 is 29.1 Å². The van der Waals surface area contributed by atoms with Gasteiger partial charge in [0.15, 0.2) is 0 Å². The number of amides is 2. The summed E-state index contributed by atoms with van der Waals surface area (Å²) in [6, 6.07) is 21.7. The van der Waals surface area contributed by atoms with E-state index in [9.17, 15) is 14.0 Å². The third-order valence-corrected chi connectivity index (χ3v) is 5.99. The number of anilines is 1. The molecule has 0 unspecified atom stereocenters. The zero-order chi connectivity index (χ0) is 23.2. The monoisotopic (exact) mass is 465 g/mol. The van der Waals surface area contributed by atoms with Crippen LogP contribution in [0.25, 0.3) is 11.1 Å². The van der Waals surface area contributed by atoms with Crippen molar-refractivity contribution in [2.75, 3.05) is 38.0 Å². The number of nitrogens with zero attached hydrogens (tertiary/aromatic N) is 2. The number of hydrogen-bond acceptors (Lipinski definition) is 3. The Morgan fingerprint density at radius 2 is 1.61 bits per heavy atom. The molecule has 2 amide bonds. The van der Waals surface area contributed by atoms with Gasteiger partial charge in [0.1, 0.15) is 5.82 Å².